The summed E-state index contributed by atoms with van der Waals surface area (Å²) in [6.45, 7) is 2.68. The molecule has 2 N–H and O–H groups in total. The molecule has 4 nitrogen and oxygen atoms in total. The van der Waals surface area contributed by atoms with Gasteiger partial charge in [0.05, 0.1) is 6.10 Å². The van der Waals surface area contributed by atoms with Gasteiger partial charge in [-0.1, -0.05) is 24.3 Å². The van der Waals surface area contributed by atoms with Crippen LogP contribution in [-0.4, -0.2) is 42.7 Å². The van der Waals surface area contributed by atoms with Gasteiger partial charge in [0.25, 0.3) is 0 Å². The van der Waals surface area contributed by atoms with E-state index in [1.54, 1.807) is 7.11 Å². The highest BCUT2D eigenvalue weighted by Gasteiger charge is 2.26. The molecule has 0 saturated carbocycles. The maximum absolute atomic E-state index is 6.09. The Kier molecular flexibility index (Phi) is 4.48. The first kappa shape index (κ1) is 14.4. The SMILES string of the molecule is COC1CCN(C(CN)c2cncc3ccccc23)CC1. The van der Waals surface area contributed by atoms with Crippen molar-refractivity contribution in [3.8, 4) is 0 Å². The number of aromatic nitrogens is 1. The summed E-state index contributed by atoms with van der Waals surface area (Å²) in [5.74, 6) is 0. The van der Waals surface area contributed by atoms with Gasteiger partial charge in [0.1, 0.15) is 0 Å². The summed E-state index contributed by atoms with van der Waals surface area (Å²) >= 11 is 0. The molecule has 0 bridgehead atoms. The Morgan fingerprint density at radius 1 is 1.29 bits per heavy atom. The first-order chi connectivity index (χ1) is 10.3. The van der Waals surface area contributed by atoms with Gasteiger partial charge < -0.3 is 10.5 Å². The molecule has 0 aliphatic carbocycles. The Bertz CT molecular complexity index is 588. The van der Waals surface area contributed by atoms with Gasteiger partial charge in [-0.15, -0.1) is 0 Å². The van der Waals surface area contributed by atoms with Gasteiger partial charge in [-0.25, -0.2) is 0 Å². The van der Waals surface area contributed by atoms with Crippen LogP contribution in [0.2, 0.25) is 0 Å². The van der Waals surface area contributed by atoms with Crippen molar-refractivity contribution in [2.24, 2.45) is 5.73 Å². The third-order valence-corrected chi connectivity index (χ3v) is 4.53. The number of likely N-dealkylation sites (tertiary alicyclic amines) is 1. The molecule has 1 unspecified atom stereocenters. The van der Waals surface area contributed by atoms with Crippen LogP contribution < -0.4 is 5.73 Å². The zero-order chi connectivity index (χ0) is 14.7. The summed E-state index contributed by atoms with van der Waals surface area (Å²) in [7, 11) is 1.80. The number of hydrogen-bond acceptors (Lipinski definition) is 4. The predicted octanol–water partition coefficient (Wildman–Crippen LogP) is 2.35. The van der Waals surface area contributed by atoms with E-state index in [0.717, 1.165) is 25.9 Å². The lowest BCUT2D eigenvalue weighted by atomic mass is 9.97. The van der Waals surface area contributed by atoms with Crippen molar-refractivity contribution in [3.63, 3.8) is 0 Å². The Morgan fingerprint density at radius 3 is 2.76 bits per heavy atom. The molecule has 1 aromatic heterocycles. The largest absolute Gasteiger partial charge is 0.381 e. The second-order valence-corrected chi connectivity index (χ2v) is 5.67. The van der Waals surface area contributed by atoms with Crippen LogP contribution in [0.25, 0.3) is 10.8 Å². The van der Waals surface area contributed by atoms with Crippen LogP contribution in [0.3, 0.4) is 0 Å². The van der Waals surface area contributed by atoms with Crippen LogP contribution in [0.1, 0.15) is 24.4 Å². The number of hydrogen-bond donors (Lipinski definition) is 1. The summed E-state index contributed by atoms with van der Waals surface area (Å²) in [4.78, 5) is 6.87. The van der Waals surface area contributed by atoms with E-state index in [-0.39, 0.29) is 6.04 Å². The number of methoxy groups -OCH3 is 1. The Labute approximate surface area is 125 Å². The van der Waals surface area contributed by atoms with Gasteiger partial charge in [0, 0.05) is 50.6 Å². The number of nitrogens with two attached hydrogens (primary N) is 1. The summed E-state index contributed by atoms with van der Waals surface area (Å²) in [5, 5.41) is 2.44. The topological polar surface area (TPSA) is 51.4 Å². The van der Waals surface area contributed by atoms with Gasteiger partial charge in [-0.05, 0) is 23.8 Å². The molecule has 0 radical (unpaired) electrons. The minimum atomic E-state index is 0.237. The first-order valence-electron chi connectivity index (χ1n) is 7.63. The van der Waals surface area contributed by atoms with Crippen LogP contribution in [0.4, 0.5) is 0 Å². The van der Waals surface area contributed by atoms with Crippen molar-refractivity contribution in [1.82, 2.24) is 9.88 Å². The van der Waals surface area contributed by atoms with Gasteiger partial charge in [-0.3, -0.25) is 9.88 Å². The lowest BCUT2D eigenvalue weighted by Gasteiger charge is -2.37. The number of benzene rings is 1. The predicted molar refractivity (Wildman–Crippen MR) is 85.1 cm³/mol. The number of nitrogens with zero attached hydrogens (tertiary/aromatic N) is 2. The second-order valence-electron chi connectivity index (χ2n) is 5.67. The normalized spacial score (nSPS) is 19.0. The average Bonchev–Trinajstić information content (AvgIpc) is 2.56. The van der Waals surface area contributed by atoms with Crippen molar-refractivity contribution in [2.75, 3.05) is 26.7 Å². The zero-order valence-corrected chi connectivity index (χ0v) is 12.5. The molecule has 21 heavy (non-hydrogen) atoms. The minimum Gasteiger partial charge on any atom is -0.381 e. The lowest BCUT2D eigenvalue weighted by molar-refractivity contribution is 0.0282. The Hall–Kier alpha value is -1.49. The molecule has 1 saturated heterocycles. The van der Waals surface area contributed by atoms with E-state index >= 15 is 0 Å². The first-order valence-corrected chi connectivity index (χ1v) is 7.63. The van der Waals surface area contributed by atoms with E-state index in [1.165, 1.54) is 16.3 Å². The summed E-state index contributed by atoms with van der Waals surface area (Å²) in [6, 6.07) is 8.64. The highest BCUT2D eigenvalue weighted by molar-refractivity contribution is 5.85. The number of pyridine rings is 1. The Balaban J connectivity index is 1.88. The van der Waals surface area contributed by atoms with Gasteiger partial charge in [0.2, 0.25) is 0 Å². The third-order valence-electron chi connectivity index (χ3n) is 4.53. The van der Waals surface area contributed by atoms with Crippen molar-refractivity contribution < 1.29 is 4.74 Å². The fourth-order valence-corrected chi connectivity index (χ4v) is 3.30. The van der Waals surface area contributed by atoms with E-state index < -0.39 is 0 Å². The summed E-state index contributed by atoms with van der Waals surface area (Å²) in [5.41, 5.74) is 7.34. The molecule has 2 aromatic rings. The van der Waals surface area contributed by atoms with E-state index in [2.05, 4.69) is 34.1 Å². The molecule has 1 fully saturated rings. The number of piperidine rings is 1. The molecule has 3 rings (SSSR count). The zero-order valence-electron chi connectivity index (χ0n) is 12.5. The fourth-order valence-electron chi connectivity index (χ4n) is 3.30. The molecule has 1 atom stereocenters. The van der Waals surface area contributed by atoms with Gasteiger partial charge in [-0.2, -0.15) is 0 Å². The molecule has 4 heteroatoms. The lowest BCUT2D eigenvalue weighted by Crippen LogP contribution is -2.41. The van der Waals surface area contributed by atoms with Crippen molar-refractivity contribution in [3.05, 3.63) is 42.2 Å². The average molecular weight is 285 g/mol. The second kappa shape index (κ2) is 6.52. The number of rotatable bonds is 4. The maximum atomic E-state index is 6.09. The Morgan fingerprint density at radius 2 is 2.05 bits per heavy atom. The quantitative estimate of drug-likeness (QED) is 0.937. The molecule has 2 heterocycles. The summed E-state index contributed by atoms with van der Waals surface area (Å²) in [6.07, 6.45) is 6.44. The number of fused-ring (bicyclic) bond motifs is 1. The van der Waals surface area contributed by atoms with Crippen LogP contribution in [0.5, 0.6) is 0 Å². The van der Waals surface area contributed by atoms with E-state index in [1.807, 2.05) is 12.4 Å². The molecule has 1 aliphatic heterocycles. The molecule has 0 amide bonds. The van der Waals surface area contributed by atoms with Crippen molar-refractivity contribution in [2.45, 2.75) is 25.0 Å². The molecular formula is C17H23N3O. The third kappa shape index (κ3) is 2.93. The standard InChI is InChI=1S/C17H23N3O/c1-21-14-6-8-20(9-7-14)17(10-18)16-12-19-11-13-4-2-3-5-15(13)16/h2-5,11-12,14,17H,6-10,18H2,1H3. The van der Waals surface area contributed by atoms with E-state index in [0.29, 0.717) is 12.6 Å². The van der Waals surface area contributed by atoms with E-state index in [4.69, 9.17) is 10.5 Å². The minimum absolute atomic E-state index is 0.237. The van der Waals surface area contributed by atoms with Gasteiger partial charge in [0.15, 0.2) is 0 Å². The van der Waals surface area contributed by atoms with Crippen molar-refractivity contribution >= 4 is 10.8 Å². The monoisotopic (exact) mass is 285 g/mol. The smallest absolute Gasteiger partial charge is 0.0595 e. The number of ether oxygens (including phenoxy) is 1. The van der Waals surface area contributed by atoms with Crippen molar-refractivity contribution in [1.29, 1.82) is 0 Å². The molecule has 1 aliphatic rings. The highest BCUT2D eigenvalue weighted by atomic mass is 16.5. The molecule has 112 valence electrons. The van der Waals surface area contributed by atoms with Crippen LogP contribution in [-0.2, 0) is 4.74 Å². The fraction of sp³-hybridized carbons (Fsp3) is 0.471. The van der Waals surface area contributed by atoms with E-state index in [9.17, 15) is 0 Å². The van der Waals surface area contributed by atoms with Crippen LogP contribution >= 0.6 is 0 Å². The highest BCUT2D eigenvalue weighted by Crippen LogP contribution is 2.29. The van der Waals surface area contributed by atoms with Crippen LogP contribution in [0, 0.1) is 0 Å². The van der Waals surface area contributed by atoms with Gasteiger partial charge >= 0.3 is 0 Å². The molecule has 0 spiro atoms. The molecule has 1 aromatic carbocycles. The molecular weight excluding hydrogens is 262 g/mol. The maximum Gasteiger partial charge on any atom is 0.0595 e. The summed E-state index contributed by atoms with van der Waals surface area (Å²) < 4.78 is 5.46. The van der Waals surface area contributed by atoms with Crippen LogP contribution in [0.15, 0.2) is 36.7 Å².